The Morgan fingerprint density at radius 2 is 2.00 bits per heavy atom. The van der Waals surface area contributed by atoms with Crippen LogP contribution in [0.2, 0.25) is 0 Å². The normalized spacial score (nSPS) is 11.7. The lowest BCUT2D eigenvalue weighted by Crippen LogP contribution is -2.45. The van der Waals surface area contributed by atoms with E-state index in [1.165, 1.54) is 11.8 Å². The average Bonchev–Trinajstić information content (AvgIpc) is 2.32. The van der Waals surface area contributed by atoms with Crippen molar-refractivity contribution < 1.29 is 19.5 Å². The highest BCUT2D eigenvalue weighted by Crippen LogP contribution is 2.05. The lowest BCUT2D eigenvalue weighted by atomic mass is 10.3. The zero-order chi connectivity index (χ0) is 14.0. The highest BCUT2D eigenvalue weighted by atomic mass is 32.2. The number of carboxylic acid groups (broad SMARTS) is 1. The SMILES string of the molecule is CCNC(=O)CCSC[C@H](NC(=O)CN)C(=O)O. The zero-order valence-corrected chi connectivity index (χ0v) is 11.1. The number of hydrogen-bond acceptors (Lipinski definition) is 5. The van der Waals surface area contributed by atoms with Gasteiger partial charge in [0.1, 0.15) is 6.04 Å². The van der Waals surface area contributed by atoms with Crippen molar-refractivity contribution >= 4 is 29.5 Å². The fourth-order valence-electron chi connectivity index (χ4n) is 1.08. The Balaban J connectivity index is 3.87. The maximum absolute atomic E-state index is 11.1. The van der Waals surface area contributed by atoms with Crippen LogP contribution in [-0.2, 0) is 14.4 Å². The van der Waals surface area contributed by atoms with Gasteiger partial charge in [-0.3, -0.25) is 9.59 Å². The van der Waals surface area contributed by atoms with Crippen molar-refractivity contribution in [2.24, 2.45) is 5.73 Å². The van der Waals surface area contributed by atoms with Gasteiger partial charge in [-0.15, -0.1) is 0 Å². The van der Waals surface area contributed by atoms with Gasteiger partial charge < -0.3 is 21.5 Å². The number of hydrogen-bond donors (Lipinski definition) is 4. The first kappa shape index (κ1) is 16.7. The summed E-state index contributed by atoms with van der Waals surface area (Å²) in [6.45, 7) is 2.16. The van der Waals surface area contributed by atoms with E-state index < -0.39 is 17.9 Å². The molecule has 0 saturated heterocycles. The Morgan fingerprint density at radius 1 is 1.33 bits per heavy atom. The molecule has 8 heteroatoms. The molecule has 0 aromatic heterocycles. The Labute approximate surface area is 110 Å². The number of thioether (sulfide) groups is 1. The molecule has 0 rings (SSSR count). The van der Waals surface area contributed by atoms with E-state index in [0.717, 1.165) is 0 Å². The first-order valence-electron chi connectivity index (χ1n) is 5.57. The molecule has 0 aliphatic rings. The van der Waals surface area contributed by atoms with Gasteiger partial charge in [-0.2, -0.15) is 11.8 Å². The van der Waals surface area contributed by atoms with Crippen LogP contribution in [0, 0.1) is 0 Å². The smallest absolute Gasteiger partial charge is 0.327 e. The van der Waals surface area contributed by atoms with Gasteiger partial charge in [-0.25, -0.2) is 4.79 Å². The van der Waals surface area contributed by atoms with Gasteiger partial charge in [0, 0.05) is 24.5 Å². The molecule has 0 aliphatic carbocycles. The van der Waals surface area contributed by atoms with Crippen molar-refractivity contribution in [3.8, 4) is 0 Å². The largest absolute Gasteiger partial charge is 0.480 e. The van der Waals surface area contributed by atoms with Crippen molar-refractivity contribution in [2.75, 3.05) is 24.6 Å². The number of amides is 2. The molecule has 0 bridgehead atoms. The van der Waals surface area contributed by atoms with Gasteiger partial charge >= 0.3 is 5.97 Å². The molecule has 2 amide bonds. The minimum absolute atomic E-state index is 0.0668. The molecule has 1 atom stereocenters. The van der Waals surface area contributed by atoms with E-state index in [-0.39, 0.29) is 18.2 Å². The van der Waals surface area contributed by atoms with Gasteiger partial charge in [0.2, 0.25) is 11.8 Å². The van der Waals surface area contributed by atoms with Crippen LogP contribution < -0.4 is 16.4 Å². The summed E-state index contributed by atoms with van der Waals surface area (Å²) < 4.78 is 0. The summed E-state index contributed by atoms with van der Waals surface area (Å²) in [5.74, 6) is -0.967. The van der Waals surface area contributed by atoms with Gasteiger partial charge in [0.15, 0.2) is 0 Å². The predicted molar refractivity (Wildman–Crippen MR) is 69.2 cm³/mol. The van der Waals surface area contributed by atoms with Crippen LogP contribution in [-0.4, -0.2) is 53.5 Å². The van der Waals surface area contributed by atoms with Crippen LogP contribution in [0.1, 0.15) is 13.3 Å². The second-order valence-corrected chi connectivity index (χ2v) is 4.59. The fourth-order valence-corrected chi connectivity index (χ4v) is 2.04. The topological polar surface area (TPSA) is 122 Å². The first-order valence-corrected chi connectivity index (χ1v) is 6.73. The molecule has 0 aliphatic heterocycles. The van der Waals surface area contributed by atoms with Crippen molar-refractivity contribution in [1.82, 2.24) is 10.6 Å². The molecule has 0 aromatic rings. The molecule has 104 valence electrons. The standard InChI is InChI=1S/C10H19N3O4S/c1-2-12-8(14)3-4-18-6-7(10(16)17)13-9(15)5-11/h7H,2-6,11H2,1H3,(H,12,14)(H,13,15)(H,16,17)/t7-/m0/s1. The molecule has 5 N–H and O–H groups in total. The van der Waals surface area contributed by atoms with Crippen molar-refractivity contribution in [3.05, 3.63) is 0 Å². The second kappa shape index (κ2) is 9.72. The minimum Gasteiger partial charge on any atom is -0.480 e. The van der Waals surface area contributed by atoms with E-state index in [0.29, 0.717) is 18.7 Å². The maximum atomic E-state index is 11.1. The van der Waals surface area contributed by atoms with Crippen LogP contribution in [0.3, 0.4) is 0 Å². The van der Waals surface area contributed by atoms with Gasteiger partial charge in [-0.05, 0) is 6.92 Å². The van der Waals surface area contributed by atoms with Crippen molar-refractivity contribution in [1.29, 1.82) is 0 Å². The highest BCUT2D eigenvalue weighted by molar-refractivity contribution is 7.99. The number of nitrogens with two attached hydrogens (primary N) is 1. The van der Waals surface area contributed by atoms with Crippen LogP contribution in [0.15, 0.2) is 0 Å². The molecular formula is C10H19N3O4S. The Bertz CT molecular complexity index is 299. The Hall–Kier alpha value is -1.28. The number of rotatable bonds is 9. The number of carbonyl (C=O) groups excluding carboxylic acids is 2. The lowest BCUT2D eigenvalue weighted by molar-refractivity contribution is -0.140. The Morgan fingerprint density at radius 3 is 2.50 bits per heavy atom. The molecule has 0 heterocycles. The van der Waals surface area contributed by atoms with E-state index in [9.17, 15) is 14.4 Å². The van der Waals surface area contributed by atoms with Crippen LogP contribution in [0.25, 0.3) is 0 Å². The quantitative estimate of drug-likeness (QED) is 0.392. The fraction of sp³-hybridized carbons (Fsp3) is 0.700. The van der Waals surface area contributed by atoms with Crippen LogP contribution in [0.4, 0.5) is 0 Å². The third-order valence-electron chi connectivity index (χ3n) is 1.95. The molecule has 0 radical (unpaired) electrons. The van der Waals surface area contributed by atoms with Gasteiger partial charge in [0.25, 0.3) is 0 Å². The number of carbonyl (C=O) groups is 3. The molecule has 0 unspecified atom stereocenters. The average molecular weight is 277 g/mol. The van der Waals surface area contributed by atoms with Crippen LogP contribution in [0.5, 0.6) is 0 Å². The summed E-state index contributed by atoms with van der Waals surface area (Å²) in [6, 6.07) is -0.972. The molecule has 7 nitrogen and oxygen atoms in total. The van der Waals surface area contributed by atoms with E-state index in [4.69, 9.17) is 10.8 Å². The molecular weight excluding hydrogens is 258 g/mol. The summed E-state index contributed by atoms with van der Waals surface area (Å²) >= 11 is 1.30. The maximum Gasteiger partial charge on any atom is 0.327 e. The minimum atomic E-state index is -1.11. The molecule has 18 heavy (non-hydrogen) atoms. The third kappa shape index (κ3) is 7.91. The van der Waals surface area contributed by atoms with Crippen molar-refractivity contribution in [2.45, 2.75) is 19.4 Å². The van der Waals surface area contributed by atoms with Gasteiger partial charge in [-0.1, -0.05) is 0 Å². The predicted octanol–water partition coefficient (Wildman–Crippen LogP) is -1.23. The van der Waals surface area contributed by atoms with Crippen LogP contribution >= 0.6 is 11.8 Å². The second-order valence-electron chi connectivity index (χ2n) is 3.44. The van der Waals surface area contributed by atoms with Crippen molar-refractivity contribution in [3.63, 3.8) is 0 Å². The monoisotopic (exact) mass is 277 g/mol. The van der Waals surface area contributed by atoms with E-state index in [2.05, 4.69) is 10.6 Å². The summed E-state index contributed by atoms with van der Waals surface area (Å²) in [5.41, 5.74) is 5.08. The summed E-state index contributed by atoms with van der Waals surface area (Å²) in [7, 11) is 0. The summed E-state index contributed by atoms with van der Waals surface area (Å²) in [6.07, 6.45) is 0.329. The number of aliphatic carboxylic acids is 1. The van der Waals surface area contributed by atoms with E-state index in [1.807, 2.05) is 6.92 Å². The summed E-state index contributed by atoms with van der Waals surface area (Å²) in [4.78, 5) is 32.9. The number of carboxylic acids is 1. The highest BCUT2D eigenvalue weighted by Gasteiger charge is 2.19. The number of nitrogens with one attached hydrogen (secondary N) is 2. The summed E-state index contributed by atoms with van der Waals surface area (Å²) in [5, 5.41) is 13.8. The van der Waals surface area contributed by atoms with E-state index >= 15 is 0 Å². The molecule has 0 fully saturated rings. The molecule has 0 spiro atoms. The molecule has 0 saturated carbocycles. The Kier molecular flexibility index (Phi) is 9.03. The first-order chi connectivity index (χ1) is 8.51. The lowest BCUT2D eigenvalue weighted by Gasteiger charge is -2.13. The van der Waals surface area contributed by atoms with E-state index in [1.54, 1.807) is 0 Å². The molecule has 0 aromatic carbocycles. The third-order valence-corrected chi connectivity index (χ3v) is 3.01. The van der Waals surface area contributed by atoms with Gasteiger partial charge in [0.05, 0.1) is 6.54 Å². The zero-order valence-electron chi connectivity index (χ0n) is 10.3.